The third-order valence-corrected chi connectivity index (χ3v) is 4.26. The monoisotopic (exact) mass is 263 g/mol. The Morgan fingerprint density at radius 3 is 2.63 bits per heavy atom. The lowest BCUT2D eigenvalue weighted by Crippen LogP contribution is -2.35. The molecule has 0 aromatic heterocycles. The van der Waals surface area contributed by atoms with Crippen molar-refractivity contribution in [1.82, 2.24) is 5.32 Å². The first-order chi connectivity index (χ1) is 9.06. The average Bonchev–Trinajstić information content (AvgIpc) is 2.88. The molecule has 0 spiro atoms. The minimum atomic E-state index is -0.326. The van der Waals surface area contributed by atoms with Crippen LogP contribution in [0.3, 0.4) is 0 Å². The van der Waals surface area contributed by atoms with Crippen molar-refractivity contribution >= 4 is 5.91 Å². The van der Waals surface area contributed by atoms with E-state index in [9.17, 15) is 15.0 Å². The van der Waals surface area contributed by atoms with Gasteiger partial charge in [-0.1, -0.05) is 19.8 Å². The fourth-order valence-electron chi connectivity index (χ4n) is 2.85. The van der Waals surface area contributed by atoms with E-state index in [4.69, 9.17) is 0 Å². The van der Waals surface area contributed by atoms with Crippen LogP contribution in [0.15, 0.2) is 18.2 Å². The van der Waals surface area contributed by atoms with E-state index < -0.39 is 0 Å². The summed E-state index contributed by atoms with van der Waals surface area (Å²) in [5.74, 6) is -0.450. The van der Waals surface area contributed by atoms with Gasteiger partial charge in [-0.2, -0.15) is 0 Å². The Balaban J connectivity index is 2.03. The van der Waals surface area contributed by atoms with Gasteiger partial charge in [-0.25, -0.2) is 0 Å². The van der Waals surface area contributed by atoms with E-state index in [0.29, 0.717) is 6.54 Å². The highest BCUT2D eigenvalue weighted by molar-refractivity contribution is 5.97. The molecule has 1 amide bonds. The summed E-state index contributed by atoms with van der Waals surface area (Å²) < 4.78 is 0. The predicted octanol–water partition coefficient (Wildman–Crippen LogP) is 2.80. The van der Waals surface area contributed by atoms with Gasteiger partial charge in [0.2, 0.25) is 0 Å². The number of carbonyl (C=O) groups is 1. The normalized spacial score (nSPS) is 17.3. The smallest absolute Gasteiger partial charge is 0.255 e. The zero-order valence-electron chi connectivity index (χ0n) is 11.3. The number of aromatic hydroxyl groups is 2. The Kier molecular flexibility index (Phi) is 3.98. The SMILES string of the molecule is CCC1(CNC(=O)c2cc(O)ccc2O)CCCC1. The number of phenols is 2. The molecule has 1 aromatic carbocycles. The minimum absolute atomic E-state index is 0.0194. The number of amides is 1. The van der Waals surface area contributed by atoms with E-state index in [2.05, 4.69) is 12.2 Å². The molecule has 1 fully saturated rings. The summed E-state index contributed by atoms with van der Waals surface area (Å²) in [7, 11) is 0. The first-order valence-electron chi connectivity index (χ1n) is 6.86. The van der Waals surface area contributed by atoms with Crippen molar-refractivity contribution in [3.05, 3.63) is 23.8 Å². The van der Waals surface area contributed by atoms with Crippen LogP contribution in [0.25, 0.3) is 0 Å². The van der Waals surface area contributed by atoms with Gasteiger partial charge >= 0.3 is 0 Å². The Morgan fingerprint density at radius 2 is 2.00 bits per heavy atom. The Hall–Kier alpha value is -1.71. The third kappa shape index (κ3) is 3.00. The highest BCUT2D eigenvalue weighted by Gasteiger charge is 2.32. The maximum atomic E-state index is 12.1. The highest BCUT2D eigenvalue weighted by atomic mass is 16.3. The summed E-state index contributed by atoms with van der Waals surface area (Å²) in [4.78, 5) is 12.1. The van der Waals surface area contributed by atoms with Crippen molar-refractivity contribution in [2.75, 3.05) is 6.54 Å². The molecule has 1 saturated carbocycles. The van der Waals surface area contributed by atoms with Crippen LogP contribution in [0.4, 0.5) is 0 Å². The summed E-state index contributed by atoms with van der Waals surface area (Å²) in [6, 6.07) is 3.98. The highest BCUT2D eigenvalue weighted by Crippen LogP contribution is 2.40. The maximum absolute atomic E-state index is 12.1. The predicted molar refractivity (Wildman–Crippen MR) is 73.3 cm³/mol. The first-order valence-corrected chi connectivity index (χ1v) is 6.86. The van der Waals surface area contributed by atoms with Gasteiger partial charge in [0.15, 0.2) is 0 Å². The summed E-state index contributed by atoms with van der Waals surface area (Å²) in [5.41, 5.74) is 0.339. The molecule has 0 heterocycles. The maximum Gasteiger partial charge on any atom is 0.255 e. The number of rotatable bonds is 4. The molecule has 3 N–H and O–H groups in total. The van der Waals surface area contributed by atoms with Crippen LogP contribution >= 0.6 is 0 Å². The van der Waals surface area contributed by atoms with Crippen LogP contribution in [0.1, 0.15) is 49.4 Å². The van der Waals surface area contributed by atoms with Crippen molar-refractivity contribution < 1.29 is 15.0 Å². The van der Waals surface area contributed by atoms with E-state index >= 15 is 0 Å². The average molecular weight is 263 g/mol. The molecule has 2 rings (SSSR count). The largest absolute Gasteiger partial charge is 0.508 e. The second-order valence-electron chi connectivity index (χ2n) is 5.44. The quantitative estimate of drug-likeness (QED) is 0.732. The Bertz CT molecular complexity index is 464. The summed E-state index contributed by atoms with van der Waals surface area (Å²) in [6.07, 6.45) is 5.80. The number of carbonyl (C=O) groups excluding carboxylic acids is 1. The van der Waals surface area contributed by atoms with Gasteiger partial charge in [0.05, 0.1) is 5.56 Å². The van der Waals surface area contributed by atoms with E-state index in [0.717, 1.165) is 19.3 Å². The van der Waals surface area contributed by atoms with Gasteiger partial charge in [-0.05, 0) is 42.9 Å². The number of hydrogen-bond acceptors (Lipinski definition) is 3. The third-order valence-electron chi connectivity index (χ3n) is 4.26. The lowest BCUT2D eigenvalue weighted by Gasteiger charge is -2.27. The fourth-order valence-corrected chi connectivity index (χ4v) is 2.85. The van der Waals surface area contributed by atoms with E-state index in [1.807, 2.05) is 0 Å². The fraction of sp³-hybridized carbons (Fsp3) is 0.533. The molecule has 4 nitrogen and oxygen atoms in total. The molecule has 0 aliphatic heterocycles. The van der Waals surface area contributed by atoms with Gasteiger partial charge in [0.1, 0.15) is 11.5 Å². The molecule has 1 aromatic rings. The van der Waals surface area contributed by atoms with Crippen molar-refractivity contribution in [2.45, 2.75) is 39.0 Å². The van der Waals surface area contributed by atoms with Crippen LogP contribution in [0.5, 0.6) is 11.5 Å². The van der Waals surface area contributed by atoms with E-state index in [1.165, 1.54) is 31.0 Å². The number of hydrogen-bond donors (Lipinski definition) is 3. The summed E-state index contributed by atoms with van der Waals surface area (Å²) in [5, 5.41) is 21.9. The second kappa shape index (κ2) is 5.51. The van der Waals surface area contributed by atoms with E-state index in [-0.39, 0.29) is 28.4 Å². The first kappa shape index (κ1) is 13.7. The lowest BCUT2D eigenvalue weighted by atomic mass is 9.83. The zero-order valence-corrected chi connectivity index (χ0v) is 11.3. The lowest BCUT2D eigenvalue weighted by molar-refractivity contribution is 0.0925. The molecule has 1 aliphatic rings. The van der Waals surface area contributed by atoms with Gasteiger partial charge in [0, 0.05) is 6.54 Å². The van der Waals surface area contributed by atoms with Crippen molar-refractivity contribution in [3.8, 4) is 11.5 Å². The van der Waals surface area contributed by atoms with Gasteiger partial charge in [0.25, 0.3) is 5.91 Å². The Labute approximate surface area is 113 Å². The minimum Gasteiger partial charge on any atom is -0.508 e. The van der Waals surface area contributed by atoms with Crippen LogP contribution in [0.2, 0.25) is 0 Å². The van der Waals surface area contributed by atoms with Gasteiger partial charge < -0.3 is 15.5 Å². The van der Waals surface area contributed by atoms with Crippen molar-refractivity contribution in [2.24, 2.45) is 5.41 Å². The number of benzene rings is 1. The topological polar surface area (TPSA) is 69.6 Å². The Morgan fingerprint density at radius 1 is 1.32 bits per heavy atom. The standard InChI is InChI=1S/C15H21NO3/c1-2-15(7-3-4-8-15)10-16-14(19)12-9-11(17)5-6-13(12)18/h5-6,9,17-18H,2-4,7-8,10H2,1H3,(H,16,19). The summed E-state index contributed by atoms with van der Waals surface area (Å²) >= 11 is 0. The molecule has 0 radical (unpaired) electrons. The van der Waals surface area contributed by atoms with E-state index in [1.54, 1.807) is 0 Å². The molecule has 1 aliphatic carbocycles. The van der Waals surface area contributed by atoms with Crippen LogP contribution in [-0.2, 0) is 0 Å². The molecule has 104 valence electrons. The molecule has 19 heavy (non-hydrogen) atoms. The molecule has 0 bridgehead atoms. The number of nitrogens with one attached hydrogen (secondary N) is 1. The van der Waals surface area contributed by atoms with Crippen LogP contribution < -0.4 is 5.32 Å². The molecular weight excluding hydrogens is 242 g/mol. The molecular formula is C15H21NO3. The van der Waals surface area contributed by atoms with Crippen molar-refractivity contribution in [3.63, 3.8) is 0 Å². The van der Waals surface area contributed by atoms with Crippen LogP contribution in [0, 0.1) is 5.41 Å². The van der Waals surface area contributed by atoms with Gasteiger partial charge in [-0.15, -0.1) is 0 Å². The molecule has 0 saturated heterocycles. The second-order valence-corrected chi connectivity index (χ2v) is 5.44. The van der Waals surface area contributed by atoms with Gasteiger partial charge in [-0.3, -0.25) is 4.79 Å². The van der Waals surface area contributed by atoms with Crippen molar-refractivity contribution in [1.29, 1.82) is 0 Å². The molecule has 0 unspecified atom stereocenters. The van der Waals surface area contributed by atoms with Crippen LogP contribution in [-0.4, -0.2) is 22.7 Å². The molecule has 4 heteroatoms. The zero-order chi connectivity index (χ0) is 13.9. The molecule has 0 atom stereocenters. The number of phenolic OH excluding ortho intramolecular Hbond substituents is 2. The summed E-state index contributed by atoms with van der Waals surface area (Å²) in [6.45, 7) is 2.79.